The second kappa shape index (κ2) is 5.71. The summed E-state index contributed by atoms with van der Waals surface area (Å²) >= 11 is 0. The Morgan fingerprint density at radius 2 is 1.67 bits per heavy atom. The van der Waals surface area contributed by atoms with E-state index in [0.717, 1.165) is 5.56 Å². The van der Waals surface area contributed by atoms with E-state index in [1.807, 2.05) is 30.3 Å². The van der Waals surface area contributed by atoms with Crippen molar-refractivity contribution < 1.29 is 13.2 Å². The lowest BCUT2D eigenvalue weighted by atomic mass is 9.92. The van der Waals surface area contributed by atoms with Gasteiger partial charge in [0.15, 0.2) is 0 Å². The third kappa shape index (κ3) is 4.66. The number of nitrogens with two attached hydrogens (primary N) is 1. The highest BCUT2D eigenvalue weighted by molar-refractivity contribution is 5.23. The van der Waals surface area contributed by atoms with Crippen molar-refractivity contribution in [2.75, 3.05) is 19.6 Å². The zero-order valence-corrected chi connectivity index (χ0v) is 10.7. The van der Waals surface area contributed by atoms with Crippen molar-refractivity contribution in [3.05, 3.63) is 35.9 Å². The molecule has 5 heteroatoms. The minimum absolute atomic E-state index is 0.174. The van der Waals surface area contributed by atoms with Gasteiger partial charge in [-0.15, -0.1) is 0 Å². The maximum absolute atomic E-state index is 12.4. The number of alkyl halides is 3. The maximum Gasteiger partial charge on any atom is 0.401 e. The number of hydrogen-bond acceptors (Lipinski definition) is 2. The van der Waals surface area contributed by atoms with Crippen LogP contribution in [0.25, 0.3) is 0 Å². The fraction of sp³-hybridized carbons (Fsp3) is 0.538. The fourth-order valence-corrected chi connectivity index (χ4v) is 1.91. The molecule has 18 heavy (non-hydrogen) atoms. The SMILES string of the molecule is CCN(CC(F)(F)F)CC(C)(N)c1ccccc1. The Hall–Kier alpha value is -1.07. The summed E-state index contributed by atoms with van der Waals surface area (Å²) in [6.07, 6.45) is -4.19. The van der Waals surface area contributed by atoms with Crippen LogP contribution in [-0.4, -0.2) is 30.7 Å². The van der Waals surface area contributed by atoms with Crippen LogP contribution in [0.15, 0.2) is 30.3 Å². The first kappa shape index (κ1) is 15.0. The Morgan fingerprint density at radius 3 is 2.11 bits per heavy atom. The quantitative estimate of drug-likeness (QED) is 0.882. The molecule has 0 radical (unpaired) electrons. The molecule has 0 spiro atoms. The van der Waals surface area contributed by atoms with Gasteiger partial charge in [0.1, 0.15) is 0 Å². The van der Waals surface area contributed by atoms with Gasteiger partial charge in [-0.25, -0.2) is 0 Å². The normalized spacial score (nSPS) is 15.7. The zero-order chi connectivity index (χ0) is 13.8. The summed E-state index contributed by atoms with van der Waals surface area (Å²) in [5.41, 5.74) is 6.17. The van der Waals surface area contributed by atoms with Crippen LogP contribution in [0.5, 0.6) is 0 Å². The first-order chi connectivity index (χ1) is 8.24. The molecule has 1 rings (SSSR count). The molecule has 0 aliphatic carbocycles. The molecule has 1 atom stereocenters. The Labute approximate surface area is 106 Å². The smallest absolute Gasteiger partial charge is 0.321 e. The molecule has 0 heterocycles. The lowest BCUT2D eigenvalue weighted by Crippen LogP contribution is -2.48. The molecule has 1 aromatic rings. The minimum atomic E-state index is -4.19. The molecule has 0 fully saturated rings. The Bertz CT molecular complexity index is 360. The third-order valence-corrected chi connectivity index (χ3v) is 2.84. The summed E-state index contributed by atoms with van der Waals surface area (Å²) in [7, 11) is 0. The van der Waals surface area contributed by atoms with Crippen LogP contribution in [0.3, 0.4) is 0 Å². The van der Waals surface area contributed by atoms with E-state index in [1.54, 1.807) is 13.8 Å². The number of nitrogens with zero attached hydrogens (tertiary/aromatic N) is 1. The van der Waals surface area contributed by atoms with Crippen molar-refractivity contribution in [3.63, 3.8) is 0 Å². The lowest BCUT2D eigenvalue weighted by molar-refractivity contribution is -0.147. The second-order valence-corrected chi connectivity index (χ2v) is 4.70. The third-order valence-electron chi connectivity index (χ3n) is 2.84. The van der Waals surface area contributed by atoms with E-state index in [-0.39, 0.29) is 6.54 Å². The number of halogens is 3. The first-order valence-corrected chi connectivity index (χ1v) is 5.88. The van der Waals surface area contributed by atoms with E-state index in [4.69, 9.17) is 5.73 Å². The van der Waals surface area contributed by atoms with Gasteiger partial charge in [0.25, 0.3) is 0 Å². The van der Waals surface area contributed by atoms with Crippen LogP contribution in [0.1, 0.15) is 19.4 Å². The van der Waals surface area contributed by atoms with Gasteiger partial charge in [-0.2, -0.15) is 13.2 Å². The van der Waals surface area contributed by atoms with E-state index in [1.165, 1.54) is 4.90 Å². The second-order valence-electron chi connectivity index (χ2n) is 4.70. The van der Waals surface area contributed by atoms with Gasteiger partial charge in [0, 0.05) is 6.54 Å². The van der Waals surface area contributed by atoms with Crippen molar-refractivity contribution in [2.24, 2.45) is 5.73 Å². The van der Waals surface area contributed by atoms with Gasteiger partial charge in [-0.05, 0) is 19.0 Å². The van der Waals surface area contributed by atoms with E-state index in [0.29, 0.717) is 6.54 Å². The van der Waals surface area contributed by atoms with Crippen molar-refractivity contribution in [3.8, 4) is 0 Å². The van der Waals surface area contributed by atoms with Crippen LogP contribution >= 0.6 is 0 Å². The van der Waals surface area contributed by atoms with Gasteiger partial charge in [0.2, 0.25) is 0 Å². The summed E-state index contributed by atoms with van der Waals surface area (Å²) in [6, 6.07) is 9.19. The fourth-order valence-electron chi connectivity index (χ4n) is 1.91. The predicted molar refractivity (Wildman–Crippen MR) is 66.2 cm³/mol. The zero-order valence-electron chi connectivity index (χ0n) is 10.7. The van der Waals surface area contributed by atoms with E-state index in [9.17, 15) is 13.2 Å². The average Bonchev–Trinajstić information content (AvgIpc) is 2.27. The molecular formula is C13H19F3N2. The van der Waals surface area contributed by atoms with Gasteiger partial charge < -0.3 is 5.73 Å². The van der Waals surface area contributed by atoms with Gasteiger partial charge in [-0.1, -0.05) is 37.3 Å². The highest BCUT2D eigenvalue weighted by atomic mass is 19.4. The monoisotopic (exact) mass is 260 g/mol. The standard InChI is InChI=1S/C13H19F3N2/c1-3-18(10-13(14,15)16)9-12(2,17)11-7-5-4-6-8-11/h4-8H,3,9-10,17H2,1-2H3. The number of benzene rings is 1. The molecule has 102 valence electrons. The van der Waals surface area contributed by atoms with Crippen molar-refractivity contribution in [2.45, 2.75) is 25.6 Å². The molecule has 0 saturated heterocycles. The predicted octanol–water partition coefficient (Wildman–Crippen LogP) is 2.74. The molecule has 0 aliphatic heterocycles. The highest BCUT2D eigenvalue weighted by Crippen LogP contribution is 2.22. The summed E-state index contributed by atoms with van der Waals surface area (Å²) in [5, 5.41) is 0. The molecule has 0 bridgehead atoms. The molecule has 0 amide bonds. The van der Waals surface area contributed by atoms with Gasteiger partial charge >= 0.3 is 6.18 Å². The van der Waals surface area contributed by atoms with Gasteiger partial charge in [-0.3, -0.25) is 4.90 Å². The van der Waals surface area contributed by atoms with E-state index < -0.39 is 18.3 Å². The number of rotatable bonds is 5. The van der Waals surface area contributed by atoms with Crippen LogP contribution in [0.4, 0.5) is 13.2 Å². The van der Waals surface area contributed by atoms with Crippen LogP contribution in [-0.2, 0) is 5.54 Å². The summed E-state index contributed by atoms with van der Waals surface area (Å²) in [6.45, 7) is 3.02. The molecule has 1 unspecified atom stereocenters. The molecule has 0 aromatic heterocycles. The van der Waals surface area contributed by atoms with Gasteiger partial charge in [0.05, 0.1) is 12.1 Å². The topological polar surface area (TPSA) is 29.3 Å². The highest BCUT2D eigenvalue weighted by Gasteiger charge is 2.33. The molecule has 2 N–H and O–H groups in total. The molecule has 0 saturated carbocycles. The largest absolute Gasteiger partial charge is 0.401 e. The Balaban J connectivity index is 2.75. The first-order valence-electron chi connectivity index (χ1n) is 5.88. The van der Waals surface area contributed by atoms with Crippen LogP contribution in [0.2, 0.25) is 0 Å². The lowest BCUT2D eigenvalue weighted by Gasteiger charge is -2.32. The summed E-state index contributed by atoms with van der Waals surface area (Å²) in [4.78, 5) is 1.31. The van der Waals surface area contributed by atoms with Crippen molar-refractivity contribution >= 4 is 0 Å². The summed E-state index contributed by atoms with van der Waals surface area (Å²) < 4.78 is 37.2. The molecular weight excluding hydrogens is 241 g/mol. The Morgan fingerprint density at radius 1 is 1.11 bits per heavy atom. The Kier molecular flexibility index (Phi) is 4.76. The number of likely N-dealkylation sites (N-methyl/N-ethyl adjacent to an activating group) is 1. The molecule has 2 nitrogen and oxygen atoms in total. The summed E-state index contributed by atoms with van der Waals surface area (Å²) in [5.74, 6) is 0. The van der Waals surface area contributed by atoms with Crippen LogP contribution < -0.4 is 5.73 Å². The average molecular weight is 260 g/mol. The van der Waals surface area contributed by atoms with Crippen molar-refractivity contribution in [1.29, 1.82) is 0 Å². The molecule has 1 aromatic carbocycles. The van der Waals surface area contributed by atoms with E-state index >= 15 is 0 Å². The number of hydrogen-bond donors (Lipinski definition) is 1. The minimum Gasteiger partial charge on any atom is -0.321 e. The maximum atomic E-state index is 12.4. The molecule has 0 aliphatic rings. The van der Waals surface area contributed by atoms with E-state index in [2.05, 4.69) is 0 Å². The van der Waals surface area contributed by atoms with Crippen molar-refractivity contribution in [1.82, 2.24) is 4.90 Å². The van der Waals surface area contributed by atoms with Crippen LogP contribution in [0, 0.1) is 0 Å².